The molecule has 0 amide bonds. The summed E-state index contributed by atoms with van der Waals surface area (Å²) < 4.78 is 36.9. The molecule has 0 bridgehead atoms. The van der Waals surface area contributed by atoms with E-state index in [1.165, 1.54) is 0 Å². The Morgan fingerprint density at radius 2 is 0.763 bits per heavy atom. The summed E-state index contributed by atoms with van der Waals surface area (Å²) in [7, 11) is 0. The van der Waals surface area contributed by atoms with Gasteiger partial charge in [0.15, 0.2) is 0 Å². The molecule has 38 heavy (non-hydrogen) atoms. The molecule has 0 fully saturated rings. The lowest BCUT2D eigenvalue weighted by atomic mass is 10.0. The van der Waals surface area contributed by atoms with E-state index in [1.54, 1.807) is 24.3 Å². The topological polar surface area (TPSA) is 9.86 Å². The van der Waals surface area contributed by atoms with Gasteiger partial charge in [0, 0.05) is 32.9 Å². The Morgan fingerprint density at radius 1 is 0.368 bits per heavy atom. The maximum Gasteiger partial charge on any atom is 0.0623 e. The second kappa shape index (κ2) is 8.22. The van der Waals surface area contributed by atoms with E-state index >= 15 is 0 Å². The van der Waals surface area contributed by atoms with Crippen LogP contribution in [0.4, 0.5) is 0 Å². The summed E-state index contributed by atoms with van der Waals surface area (Å²) in [6.45, 7) is 0. The molecule has 0 spiro atoms. The van der Waals surface area contributed by atoms with Crippen molar-refractivity contribution in [1.29, 1.82) is 0 Å². The molecule has 2 heterocycles. The van der Waals surface area contributed by atoms with Crippen molar-refractivity contribution >= 4 is 43.6 Å². The second-order valence-corrected chi connectivity index (χ2v) is 9.54. The summed E-state index contributed by atoms with van der Waals surface area (Å²) in [5.74, 6) is 0. The fraction of sp³-hybridized carbons (Fsp3) is 0. The molecule has 0 atom stereocenters. The van der Waals surface area contributed by atoms with Gasteiger partial charge < -0.3 is 9.13 Å². The van der Waals surface area contributed by atoms with Crippen LogP contribution in [0.5, 0.6) is 0 Å². The van der Waals surface area contributed by atoms with Crippen molar-refractivity contribution in [2.45, 2.75) is 0 Å². The first-order chi connectivity index (χ1) is 20.4. The molecule has 0 aliphatic carbocycles. The predicted molar refractivity (Wildman–Crippen MR) is 161 cm³/mol. The first-order valence-electron chi connectivity index (χ1n) is 14.7. The number of hydrogen-bond donors (Lipinski definition) is 0. The average molecular weight is 489 g/mol. The van der Waals surface area contributed by atoms with Crippen LogP contribution in [0, 0.1) is 0 Å². The molecule has 178 valence electrons. The van der Waals surface area contributed by atoms with E-state index in [2.05, 4.69) is 45.5 Å². The molecule has 0 saturated heterocycles. The van der Waals surface area contributed by atoms with Gasteiger partial charge in [-0.1, -0.05) is 84.8 Å². The molecule has 8 aromatic rings. The van der Waals surface area contributed by atoms with Crippen molar-refractivity contribution in [3.63, 3.8) is 0 Å². The van der Waals surface area contributed by atoms with Gasteiger partial charge in [-0.2, -0.15) is 0 Å². The molecule has 2 nitrogen and oxygen atoms in total. The van der Waals surface area contributed by atoms with Gasteiger partial charge >= 0.3 is 0 Å². The Labute approximate surface area is 226 Å². The quantitative estimate of drug-likeness (QED) is 0.234. The minimum atomic E-state index is 0.465. The number of nitrogens with zero attached hydrogens (tertiary/aromatic N) is 2. The summed E-state index contributed by atoms with van der Waals surface area (Å²) in [6.07, 6.45) is 0. The highest BCUT2D eigenvalue weighted by molar-refractivity contribution is 6.12. The lowest BCUT2D eigenvalue weighted by Gasteiger charge is -2.09. The Bertz CT molecular complexity index is 2160. The summed E-state index contributed by atoms with van der Waals surface area (Å²) in [5, 5.41) is 4.17. The Hall–Kier alpha value is -5.08. The maximum absolute atomic E-state index is 8.32. The molecule has 0 radical (unpaired) electrons. The molecule has 0 N–H and O–H groups in total. The van der Waals surface area contributed by atoms with Crippen LogP contribution in [-0.2, 0) is 0 Å². The Kier molecular flexibility index (Phi) is 3.76. The van der Waals surface area contributed by atoms with Crippen LogP contribution in [-0.4, -0.2) is 9.13 Å². The number of fused-ring (bicyclic) bond motifs is 6. The third-order valence-corrected chi connectivity index (χ3v) is 7.47. The fourth-order valence-corrected chi connectivity index (χ4v) is 5.79. The van der Waals surface area contributed by atoms with E-state index in [9.17, 15) is 0 Å². The fourth-order valence-electron chi connectivity index (χ4n) is 5.79. The van der Waals surface area contributed by atoms with Crippen LogP contribution in [0.25, 0.3) is 66.1 Å². The maximum atomic E-state index is 8.32. The van der Waals surface area contributed by atoms with E-state index < -0.39 is 0 Å². The minimum absolute atomic E-state index is 0.465. The van der Waals surface area contributed by atoms with Crippen molar-refractivity contribution in [2.24, 2.45) is 0 Å². The van der Waals surface area contributed by atoms with E-state index in [4.69, 9.17) is 5.48 Å². The summed E-state index contributed by atoms with van der Waals surface area (Å²) in [4.78, 5) is 0. The molecule has 2 heteroatoms. The van der Waals surface area contributed by atoms with Crippen LogP contribution >= 0.6 is 0 Å². The van der Waals surface area contributed by atoms with Crippen molar-refractivity contribution < 1.29 is 5.48 Å². The minimum Gasteiger partial charge on any atom is -0.309 e. The highest BCUT2D eigenvalue weighted by Crippen LogP contribution is 2.38. The molecular weight excluding hydrogens is 460 g/mol. The van der Waals surface area contributed by atoms with Gasteiger partial charge in [0.2, 0.25) is 0 Å². The normalized spacial score (nSPS) is 13.2. The van der Waals surface area contributed by atoms with Crippen molar-refractivity contribution in [1.82, 2.24) is 9.13 Å². The van der Waals surface area contributed by atoms with Crippen LogP contribution in [0.2, 0.25) is 0 Å². The molecule has 2 aromatic heterocycles. The lowest BCUT2D eigenvalue weighted by molar-refractivity contribution is 1.18. The summed E-state index contributed by atoms with van der Waals surface area (Å²) in [6, 6.07) is 41.4. The number of para-hydroxylation sites is 4. The van der Waals surface area contributed by atoms with E-state index in [-0.39, 0.29) is 0 Å². The molecule has 0 aliphatic rings. The van der Waals surface area contributed by atoms with Gasteiger partial charge in [0.05, 0.1) is 27.5 Å². The van der Waals surface area contributed by atoms with E-state index in [1.807, 2.05) is 60.7 Å². The van der Waals surface area contributed by atoms with Gasteiger partial charge in [-0.05, 0) is 71.8 Å². The van der Waals surface area contributed by atoms with Gasteiger partial charge in [0.1, 0.15) is 0 Å². The molecule has 6 aromatic carbocycles. The van der Waals surface area contributed by atoms with Crippen LogP contribution in [0.3, 0.4) is 0 Å². The SMILES string of the molecule is [2H]c1ccc(-n2c3ccc([2H])cc3c3cc(-c4ccc5c(c4)c4cc([2H])ccc4n5-c4ccc([2H])cc4)ccc32)cc1. The van der Waals surface area contributed by atoms with Crippen molar-refractivity contribution in [3.8, 4) is 22.5 Å². The largest absolute Gasteiger partial charge is 0.309 e. The second-order valence-electron chi connectivity index (χ2n) is 9.54. The monoisotopic (exact) mass is 488 g/mol. The number of aromatic nitrogens is 2. The molecule has 0 unspecified atom stereocenters. The zero-order chi connectivity index (χ0) is 28.5. The summed E-state index contributed by atoms with van der Waals surface area (Å²) >= 11 is 0. The third-order valence-electron chi connectivity index (χ3n) is 7.47. The zero-order valence-corrected chi connectivity index (χ0v) is 20.4. The lowest BCUT2D eigenvalue weighted by Crippen LogP contribution is -1.93. The Balaban J connectivity index is 1.36. The first-order valence-corrected chi connectivity index (χ1v) is 12.7. The number of rotatable bonds is 3. The van der Waals surface area contributed by atoms with Crippen LogP contribution in [0.1, 0.15) is 5.48 Å². The number of benzene rings is 6. The first kappa shape index (κ1) is 17.4. The van der Waals surface area contributed by atoms with E-state index in [0.717, 1.165) is 66.1 Å². The van der Waals surface area contributed by atoms with Gasteiger partial charge in [-0.3, -0.25) is 0 Å². The standard InChI is InChI=1S/C36H24N2/c1-3-11-27(12-4-1)37-33-17-9-7-15-29(33)31-23-25(19-21-35(31)37)26-20-22-36-32(24-26)30-16-8-10-18-34(30)38(36)28-13-5-2-6-14-28/h1-24H/i1D,2D,7D,8D. The highest BCUT2D eigenvalue weighted by Gasteiger charge is 2.15. The smallest absolute Gasteiger partial charge is 0.0623 e. The van der Waals surface area contributed by atoms with Gasteiger partial charge in [-0.15, -0.1) is 0 Å². The average Bonchev–Trinajstić information content (AvgIpc) is 3.49. The molecule has 0 aliphatic heterocycles. The highest BCUT2D eigenvalue weighted by atomic mass is 15.0. The van der Waals surface area contributed by atoms with Gasteiger partial charge in [-0.25, -0.2) is 0 Å². The van der Waals surface area contributed by atoms with Gasteiger partial charge in [0.25, 0.3) is 0 Å². The number of hydrogen-bond acceptors (Lipinski definition) is 0. The van der Waals surface area contributed by atoms with E-state index in [0.29, 0.717) is 24.2 Å². The van der Waals surface area contributed by atoms with Crippen molar-refractivity contribution in [3.05, 3.63) is 145 Å². The molecular formula is C36H24N2. The van der Waals surface area contributed by atoms with Crippen LogP contribution in [0.15, 0.2) is 145 Å². The molecule has 8 rings (SSSR count). The Morgan fingerprint density at radius 3 is 1.21 bits per heavy atom. The summed E-state index contributed by atoms with van der Waals surface area (Å²) in [5.41, 5.74) is 8.25. The zero-order valence-electron chi connectivity index (χ0n) is 24.4. The van der Waals surface area contributed by atoms with Crippen molar-refractivity contribution in [2.75, 3.05) is 0 Å². The molecule has 0 saturated carbocycles. The van der Waals surface area contributed by atoms with Crippen LogP contribution < -0.4 is 0 Å². The predicted octanol–water partition coefficient (Wildman–Crippen LogP) is 9.55. The third kappa shape index (κ3) is 3.07.